The van der Waals surface area contributed by atoms with Crippen LogP contribution in [0.3, 0.4) is 0 Å². The third-order valence-electron chi connectivity index (χ3n) is 3.53. The first-order valence-electron chi connectivity index (χ1n) is 7.88. The number of nitrogens with one attached hydrogen (secondary N) is 2. The van der Waals surface area contributed by atoms with E-state index in [1.807, 2.05) is 18.2 Å². The number of rotatable bonds is 5. The number of benzene rings is 2. The molecule has 0 spiro atoms. The molecule has 7 heteroatoms. The molecule has 0 aliphatic rings. The van der Waals surface area contributed by atoms with Gasteiger partial charge in [-0.25, -0.2) is 9.97 Å². The van der Waals surface area contributed by atoms with E-state index in [1.54, 1.807) is 50.4 Å². The van der Waals surface area contributed by atoms with Crippen LogP contribution in [0.1, 0.15) is 16.2 Å². The van der Waals surface area contributed by atoms with Gasteiger partial charge in [0.25, 0.3) is 5.91 Å². The van der Waals surface area contributed by atoms with E-state index in [0.29, 0.717) is 33.8 Å². The Kier molecular flexibility index (Phi) is 5.34. The third kappa shape index (κ3) is 4.29. The van der Waals surface area contributed by atoms with Crippen molar-refractivity contribution in [3.63, 3.8) is 0 Å². The molecule has 0 bridgehead atoms. The molecule has 0 saturated heterocycles. The van der Waals surface area contributed by atoms with Gasteiger partial charge < -0.3 is 15.4 Å². The smallest absolute Gasteiger partial charge is 0.274 e. The van der Waals surface area contributed by atoms with Crippen LogP contribution in [0.15, 0.2) is 54.6 Å². The van der Waals surface area contributed by atoms with Gasteiger partial charge in [0, 0.05) is 17.4 Å². The molecular formula is C19H17ClN4O2. The standard InChI is InChI=1S/C19H17ClN4O2/c1-12-10-17(18(25)22-13-6-5-7-14(11-13)26-2)24-19(21-12)23-16-9-4-3-8-15(16)20/h3-11H,1-2H3,(H,22,25)(H,21,23,24). The van der Waals surface area contributed by atoms with Crippen molar-refractivity contribution in [2.24, 2.45) is 0 Å². The number of carbonyl (C=O) groups excluding carboxylic acids is 1. The predicted molar refractivity (Wildman–Crippen MR) is 102 cm³/mol. The molecule has 0 unspecified atom stereocenters. The average molecular weight is 369 g/mol. The second kappa shape index (κ2) is 7.84. The zero-order valence-corrected chi connectivity index (χ0v) is 15.0. The Morgan fingerprint density at radius 2 is 1.88 bits per heavy atom. The van der Waals surface area contributed by atoms with Gasteiger partial charge in [0.05, 0.1) is 17.8 Å². The molecular weight excluding hydrogens is 352 g/mol. The van der Waals surface area contributed by atoms with Crippen LogP contribution in [-0.4, -0.2) is 23.0 Å². The van der Waals surface area contributed by atoms with E-state index in [4.69, 9.17) is 16.3 Å². The minimum Gasteiger partial charge on any atom is -0.497 e. The maximum absolute atomic E-state index is 12.5. The molecule has 2 N–H and O–H groups in total. The highest BCUT2D eigenvalue weighted by molar-refractivity contribution is 6.33. The summed E-state index contributed by atoms with van der Waals surface area (Å²) in [5, 5.41) is 6.38. The number of para-hydroxylation sites is 1. The monoisotopic (exact) mass is 368 g/mol. The van der Waals surface area contributed by atoms with E-state index in [9.17, 15) is 4.79 Å². The van der Waals surface area contributed by atoms with Crippen LogP contribution >= 0.6 is 11.6 Å². The molecule has 3 rings (SSSR count). The number of aromatic nitrogens is 2. The Balaban J connectivity index is 1.82. The average Bonchev–Trinajstić information content (AvgIpc) is 2.63. The highest BCUT2D eigenvalue weighted by atomic mass is 35.5. The maximum atomic E-state index is 12.5. The lowest BCUT2D eigenvalue weighted by Gasteiger charge is -2.10. The van der Waals surface area contributed by atoms with Crippen LogP contribution in [0.4, 0.5) is 17.3 Å². The summed E-state index contributed by atoms with van der Waals surface area (Å²) in [4.78, 5) is 21.1. The lowest BCUT2D eigenvalue weighted by molar-refractivity contribution is 0.102. The summed E-state index contributed by atoms with van der Waals surface area (Å²) in [6, 6.07) is 16.0. The normalized spacial score (nSPS) is 10.3. The number of carbonyl (C=O) groups is 1. The molecule has 6 nitrogen and oxygen atoms in total. The van der Waals surface area contributed by atoms with Gasteiger partial charge in [-0.3, -0.25) is 4.79 Å². The summed E-state index contributed by atoms with van der Waals surface area (Å²) in [7, 11) is 1.57. The molecule has 1 amide bonds. The van der Waals surface area contributed by atoms with Gasteiger partial charge in [0.1, 0.15) is 11.4 Å². The van der Waals surface area contributed by atoms with Crippen molar-refractivity contribution < 1.29 is 9.53 Å². The minimum absolute atomic E-state index is 0.245. The number of hydrogen-bond donors (Lipinski definition) is 2. The van der Waals surface area contributed by atoms with Gasteiger partial charge in [-0.2, -0.15) is 0 Å². The molecule has 0 aliphatic carbocycles. The molecule has 0 saturated carbocycles. The van der Waals surface area contributed by atoms with Gasteiger partial charge in [-0.1, -0.05) is 29.8 Å². The zero-order valence-electron chi connectivity index (χ0n) is 14.3. The van der Waals surface area contributed by atoms with Gasteiger partial charge >= 0.3 is 0 Å². The first-order chi connectivity index (χ1) is 12.5. The summed E-state index contributed by atoms with van der Waals surface area (Å²) in [6.07, 6.45) is 0. The number of methoxy groups -OCH3 is 1. The fraction of sp³-hybridized carbons (Fsp3) is 0.105. The molecule has 0 radical (unpaired) electrons. The third-order valence-corrected chi connectivity index (χ3v) is 3.86. The largest absolute Gasteiger partial charge is 0.497 e. The molecule has 3 aromatic rings. The highest BCUT2D eigenvalue weighted by Gasteiger charge is 2.12. The van der Waals surface area contributed by atoms with Gasteiger partial charge in [0.2, 0.25) is 5.95 Å². The fourth-order valence-corrected chi connectivity index (χ4v) is 2.50. The van der Waals surface area contributed by atoms with Gasteiger partial charge in [-0.05, 0) is 37.3 Å². The maximum Gasteiger partial charge on any atom is 0.274 e. The Morgan fingerprint density at radius 1 is 1.08 bits per heavy atom. The molecule has 0 fully saturated rings. The molecule has 26 heavy (non-hydrogen) atoms. The van der Waals surface area contributed by atoms with Crippen molar-refractivity contribution in [2.45, 2.75) is 6.92 Å². The van der Waals surface area contributed by atoms with E-state index in [-0.39, 0.29) is 11.6 Å². The Bertz CT molecular complexity index is 946. The zero-order chi connectivity index (χ0) is 18.5. The van der Waals surface area contributed by atoms with E-state index in [0.717, 1.165) is 0 Å². The van der Waals surface area contributed by atoms with Crippen LogP contribution in [-0.2, 0) is 0 Å². The summed E-state index contributed by atoms with van der Waals surface area (Å²) in [6.45, 7) is 1.79. The first kappa shape index (κ1) is 17.7. The SMILES string of the molecule is COc1cccc(NC(=O)c2cc(C)nc(Nc3ccccc3Cl)n2)c1. The summed E-state index contributed by atoms with van der Waals surface area (Å²) in [5.41, 5.74) is 2.19. The highest BCUT2D eigenvalue weighted by Crippen LogP contribution is 2.23. The minimum atomic E-state index is -0.342. The molecule has 1 heterocycles. The van der Waals surface area contributed by atoms with E-state index in [2.05, 4.69) is 20.6 Å². The van der Waals surface area contributed by atoms with Gasteiger partial charge in [0.15, 0.2) is 0 Å². The topological polar surface area (TPSA) is 76.1 Å². The molecule has 1 aromatic heterocycles. The molecule has 0 atom stereocenters. The lowest BCUT2D eigenvalue weighted by Crippen LogP contribution is -2.15. The number of anilines is 3. The Labute approximate surface area is 156 Å². The van der Waals surface area contributed by atoms with Crippen LogP contribution in [0.5, 0.6) is 5.75 Å². The van der Waals surface area contributed by atoms with Crippen molar-refractivity contribution >= 4 is 34.8 Å². The summed E-state index contributed by atoms with van der Waals surface area (Å²) in [5.74, 6) is 0.614. The molecule has 0 aliphatic heterocycles. The molecule has 2 aromatic carbocycles. The quantitative estimate of drug-likeness (QED) is 0.696. The summed E-state index contributed by atoms with van der Waals surface area (Å²) >= 11 is 6.14. The number of ether oxygens (including phenoxy) is 1. The van der Waals surface area contributed by atoms with Crippen molar-refractivity contribution in [3.05, 3.63) is 71.0 Å². The van der Waals surface area contributed by atoms with Crippen LogP contribution in [0.2, 0.25) is 5.02 Å². The number of halogens is 1. The summed E-state index contributed by atoms with van der Waals surface area (Å²) < 4.78 is 5.16. The number of amides is 1. The second-order valence-electron chi connectivity index (χ2n) is 5.51. The number of aryl methyl sites for hydroxylation is 1. The Morgan fingerprint density at radius 3 is 2.65 bits per heavy atom. The van der Waals surface area contributed by atoms with Crippen LogP contribution in [0.25, 0.3) is 0 Å². The van der Waals surface area contributed by atoms with Crippen molar-refractivity contribution in [3.8, 4) is 5.75 Å². The Hall–Kier alpha value is -3.12. The van der Waals surface area contributed by atoms with Crippen LogP contribution < -0.4 is 15.4 Å². The fourth-order valence-electron chi connectivity index (χ4n) is 2.32. The van der Waals surface area contributed by atoms with Gasteiger partial charge in [-0.15, -0.1) is 0 Å². The van der Waals surface area contributed by atoms with Crippen molar-refractivity contribution in [1.29, 1.82) is 0 Å². The predicted octanol–water partition coefficient (Wildman–Crippen LogP) is 4.44. The lowest BCUT2D eigenvalue weighted by atomic mass is 10.2. The van der Waals surface area contributed by atoms with E-state index < -0.39 is 0 Å². The number of nitrogens with zero attached hydrogens (tertiary/aromatic N) is 2. The number of hydrogen-bond acceptors (Lipinski definition) is 5. The molecule has 132 valence electrons. The van der Waals surface area contributed by atoms with E-state index in [1.165, 1.54) is 0 Å². The first-order valence-corrected chi connectivity index (χ1v) is 8.25. The van der Waals surface area contributed by atoms with Crippen molar-refractivity contribution in [2.75, 3.05) is 17.7 Å². The van der Waals surface area contributed by atoms with Crippen molar-refractivity contribution in [1.82, 2.24) is 9.97 Å². The van der Waals surface area contributed by atoms with E-state index >= 15 is 0 Å². The second-order valence-corrected chi connectivity index (χ2v) is 5.92. The van der Waals surface area contributed by atoms with Crippen LogP contribution in [0, 0.1) is 6.92 Å².